The van der Waals surface area contributed by atoms with Crippen LogP contribution >= 0.6 is 11.6 Å². The van der Waals surface area contributed by atoms with Crippen molar-refractivity contribution in [3.05, 3.63) is 70.7 Å². The van der Waals surface area contributed by atoms with E-state index in [1.807, 2.05) is 18.2 Å². The molecule has 2 nitrogen and oxygen atoms in total. The van der Waals surface area contributed by atoms with Crippen LogP contribution in [-0.2, 0) is 6.54 Å². The van der Waals surface area contributed by atoms with Gasteiger partial charge in [0.25, 0.3) is 0 Å². The van der Waals surface area contributed by atoms with Crippen molar-refractivity contribution in [1.82, 2.24) is 0 Å². The average molecular weight is 289 g/mol. The van der Waals surface area contributed by atoms with E-state index in [0.717, 1.165) is 6.54 Å². The molecule has 3 heteroatoms. The first-order valence-electron chi connectivity index (χ1n) is 6.61. The molecule has 104 valence electrons. The third kappa shape index (κ3) is 4.19. The van der Waals surface area contributed by atoms with E-state index in [4.69, 9.17) is 11.6 Å². The Morgan fingerprint density at radius 2 is 1.60 bits per heavy atom. The van der Waals surface area contributed by atoms with Gasteiger partial charge in [0.15, 0.2) is 0 Å². The Labute approximate surface area is 125 Å². The van der Waals surface area contributed by atoms with Crippen molar-refractivity contribution in [3.63, 3.8) is 0 Å². The lowest BCUT2D eigenvalue weighted by Crippen LogP contribution is -2.43. The second-order valence-corrected chi connectivity index (χ2v) is 6.10. The van der Waals surface area contributed by atoms with E-state index >= 15 is 0 Å². The van der Waals surface area contributed by atoms with E-state index in [2.05, 4.69) is 26.2 Å². The molecule has 0 N–H and O–H groups in total. The summed E-state index contributed by atoms with van der Waals surface area (Å²) in [5.41, 5.74) is 1.95. The zero-order valence-electron chi connectivity index (χ0n) is 11.8. The second kappa shape index (κ2) is 6.21. The summed E-state index contributed by atoms with van der Waals surface area (Å²) < 4.78 is 0.630. The number of hydrogen-bond acceptors (Lipinski definition) is 1. The molecule has 0 fully saturated rings. The molecule has 0 spiro atoms. The SMILES string of the molecule is C[N+](C)(CC(=O)c1ccc(Cl)cc1)Cc1ccccc1. The molecule has 0 unspecified atom stereocenters. The van der Waals surface area contributed by atoms with Gasteiger partial charge in [-0.2, -0.15) is 0 Å². The second-order valence-electron chi connectivity index (χ2n) is 5.67. The van der Waals surface area contributed by atoms with Crippen LogP contribution in [0.5, 0.6) is 0 Å². The van der Waals surface area contributed by atoms with Gasteiger partial charge in [-0.1, -0.05) is 41.9 Å². The first kappa shape index (κ1) is 14.8. The van der Waals surface area contributed by atoms with Crippen molar-refractivity contribution < 1.29 is 9.28 Å². The molecule has 2 aromatic carbocycles. The molecule has 0 aliphatic carbocycles. The molecule has 0 aliphatic rings. The number of halogens is 1. The molecule has 0 amide bonds. The van der Waals surface area contributed by atoms with Crippen LogP contribution in [0.2, 0.25) is 5.02 Å². The van der Waals surface area contributed by atoms with Crippen molar-refractivity contribution in [2.45, 2.75) is 6.54 Å². The van der Waals surface area contributed by atoms with E-state index in [1.54, 1.807) is 24.3 Å². The smallest absolute Gasteiger partial charge is 0.216 e. The monoisotopic (exact) mass is 288 g/mol. The van der Waals surface area contributed by atoms with Crippen molar-refractivity contribution in [2.24, 2.45) is 0 Å². The van der Waals surface area contributed by atoms with Gasteiger partial charge < -0.3 is 4.48 Å². The third-order valence-corrected chi connectivity index (χ3v) is 3.44. The van der Waals surface area contributed by atoms with Gasteiger partial charge in [-0.15, -0.1) is 0 Å². The van der Waals surface area contributed by atoms with Gasteiger partial charge in [0.1, 0.15) is 13.1 Å². The van der Waals surface area contributed by atoms with Crippen LogP contribution in [0.3, 0.4) is 0 Å². The molecule has 0 aromatic heterocycles. The van der Waals surface area contributed by atoms with Crippen LogP contribution in [0.25, 0.3) is 0 Å². The quantitative estimate of drug-likeness (QED) is 0.604. The molecule has 0 saturated heterocycles. The number of benzene rings is 2. The number of ketones is 1. The van der Waals surface area contributed by atoms with E-state index in [0.29, 0.717) is 21.6 Å². The number of hydrogen-bond donors (Lipinski definition) is 0. The average Bonchev–Trinajstić information content (AvgIpc) is 2.39. The summed E-state index contributed by atoms with van der Waals surface area (Å²) >= 11 is 5.84. The lowest BCUT2D eigenvalue weighted by molar-refractivity contribution is -0.895. The summed E-state index contributed by atoms with van der Waals surface area (Å²) in [6, 6.07) is 17.3. The highest BCUT2D eigenvalue weighted by molar-refractivity contribution is 6.30. The highest BCUT2D eigenvalue weighted by atomic mass is 35.5. The predicted molar refractivity (Wildman–Crippen MR) is 82.9 cm³/mol. The van der Waals surface area contributed by atoms with Crippen molar-refractivity contribution in [1.29, 1.82) is 0 Å². The molecule has 0 heterocycles. The Morgan fingerprint density at radius 1 is 1.00 bits per heavy atom. The van der Waals surface area contributed by atoms with Crippen LogP contribution in [0.1, 0.15) is 15.9 Å². The van der Waals surface area contributed by atoms with Gasteiger partial charge in [-0.3, -0.25) is 4.79 Å². The van der Waals surface area contributed by atoms with Crippen molar-refractivity contribution in [2.75, 3.05) is 20.6 Å². The van der Waals surface area contributed by atoms with E-state index in [1.165, 1.54) is 5.56 Å². The molecule has 0 atom stereocenters. The Kier molecular flexibility index (Phi) is 4.58. The van der Waals surface area contributed by atoms with Gasteiger partial charge in [-0.05, 0) is 24.3 Å². The highest BCUT2D eigenvalue weighted by Gasteiger charge is 2.21. The normalized spacial score (nSPS) is 11.3. The minimum absolute atomic E-state index is 0.141. The maximum atomic E-state index is 12.3. The fraction of sp³-hybridized carbons (Fsp3) is 0.235. The molecule has 0 radical (unpaired) electrons. The molecular weight excluding hydrogens is 270 g/mol. The lowest BCUT2D eigenvalue weighted by Gasteiger charge is -2.29. The third-order valence-electron chi connectivity index (χ3n) is 3.19. The predicted octanol–water partition coefficient (Wildman–Crippen LogP) is 3.80. The minimum Gasteiger partial charge on any atom is -0.318 e. The Hall–Kier alpha value is -1.64. The summed E-state index contributed by atoms with van der Waals surface area (Å²) in [4.78, 5) is 12.3. The zero-order valence-corrected chi connectivity index (χ0v) is 12.6. The number of rotatable bonds is 5. The van der Waals surface area contributed by atoms with Crippen LogP contribution in [0, 0.1) is 0 Å². The zero-order chi connectivity index (χ0) is 14.6. The van der Waals surface area contributed by atoms with Crippen LogP contribution in [-0.4, -0.2) is 30.9 Å². The fourth-order valence-corrected chi connectivity index (χ4v) is 2.38. The van der Waals surface area contributed by atoms with Crippen molar-refractivity contribution >= 4 is 17.4 Å². The summed E-state index contributed by atoms with van der Waals surface area (Å²) in [5.74, 6) is 0.141. The fourth-order valence-electron chi connectivity index (χ4n) is 2.25. The molecule has 0 bridgehead atoms. The molecular formula is C17H19ClNO+. The first-order valence-corrected chi connectivity index (χ1v) is 6.99. The van der Waals surface area contributed by atoms with Gasteiger partial charge in [0.2, 0.25) is 5.78 Å². The Balaban J connectivity index is 2.04. The van der Waals surface area contributed by atoms with E-state index < -0.39 is 0 Å². The molecule has 2 aromatic rings. The van der Waals surface area contributed by atoms with Gasteiger partial charge >= 0.3 is 0 Å². The topological polar surface area (TPSA) is 17.1 Å². The number of carbonyl (C=O) groups excluding carboxylic acids is 1. The van der Waals surface area contributed by atoms with Crippen LogP contribution in [0.4, 0.5) is 0 Å². The van der Waals surface area contributed by atoms with Gasteiger partial charge in [0.05, 0.1) is 14.1 Å². The van der Waals surface area contributed by atoms with Crippen molar-refractivity contribution in [3.8, 4) is 0 Å². The minimum atomic E-state index is 0.141. The van der Waals surface area contributed by atoms with E-state index in [9.17, 15) is 4.79 Å². The highest BCUT2D eigenvalue weighted by Crippen LogP contribution is 2.13. The summed E-state index contributed by atoms with van der Waals surface area (Å²) in [5, 5.41) is 0.652. The lowest BCUT2D eigenvalue weighted by atomic mass is 10.1. The number of quaternary nitrogens is 1. The first-order chi connectivity index (χ1) is 9.46. The van der Waals surface area contributed by atoms with Crippen LogP contribution < -0.4 is 0 Å². The number of carbonyl (C=O) groups is 1. The number of nitrogens with zero attached hydrogens (tertiary/aromatic N) is 1. The van der Waals surface area contributed by atoms with Gasteiger partial charge in [0, 0.05) is 16.1 Å². The Bertz CT molecular complexity index is 576. The largest absolute Gasteiger partial charge is 0.318 e. The maximum absolute atomic E-state index is 12.3. The van der Waals surface area contributed by atoms with Crippen LogP contribution in [0.15, 0.2) is 54.6 Å². The van der Waals surface area contributed by atoms with E-state index in [-0.39, 0.29) is 5.78 Å². The number of Topliss-reactive ketones (excluding diaryl/α,β-unsaturated/α-hetero) is 1. The summed E-state index contributed by atoms with van der Waals surface area (Å²) in [6.07, 6.45) is 0. The molecule has 20 heavy (non-hydrogen) atoms. The summed E-state index contributed by atoms with van der Waals surface area (Å²) in [6.45, 7) is 1.30. The summed E-state index contributed by atoms with van der Waals surface area (Å²) in [7, 11) is 4.14. The standard InChI is InChI=1S/C17H19ClNO/c1-19(2,12-14-6-4-3-5-7-14)13-17(20)15-8-10-16(18)11-9-15/h3-11H,12-13H2,1-2H3/q+1. The molecule has 2 rings (SSSR count). The Morgan fingerprint density at radius 3 is 2.20 bits per heavy atom. The van der Waals surface area contributed by atoms with Gasteiger partial charge in [-0.25, -0.2) is 0 Å². The molecule has 0 aliphatic heterocycles. The maximum Gasteiger partial charge on any atom is 0.216 e. The number of likely N-dealkylation sites (N-methyl/N-ethyl adjacent to an activating group) is 1. The molecule has 0 saturated carbocycles.